The topological polar surface area (TPSA) is 86.3 Å². The third kappa shape index (κ3) is 3.73. The van der Waals surface area contributed by atoms with E-state index in [1.165, 1.54) is 0 Å². The Morgan fingerprint density at radius 3 is 3.10 bits per heavy atom. The van der Waals surface area contributed by atoms with Gasteiger partial charge in [-0.15, -0.1) is 0 Å². The van der Waals surface area contributed by atoms with Crippen molar-refractivity contribution in [1.29, 1.82) is 0 Å². The minimum Gasteiger partial charge on any atom is -0.376 e. The molecule has 29 heavy (non-hydrogen) atoms. The summed E-state index contributed by atoms with van der Waals surface area (Å²) in [6.07, 6.45) is 6.39. The van der Waals surface area contributed by atoms with Crippen LogP contribution in [-0.2, 0) is 30.9 Å². The van der Waals surface area contributed by atoms with Crippen LogP contribution in [-0.4, -0.2) is 44.0 Å². The Bertz CT molecular complexity index is 1050. The highest BCUT2D eigenvalue weighted by Crippen LogP contribution is 2.26. The number of fused-ring (bicyclic) bond motifs is 1. The highest BCUT2D eigenvalue weighted by Gasteiger charge is 2.29. The van der Waals surface area contributed by atoms with Crippen LogP contribution in [0.2, 0.25) is 0 Å². The van der Waals surface area contributed by atoms with Gasteiger partial charge in [0, 0.05) is 48.6 Å². The number of hydrogen-bond acceptors (Lipinski definition) is 7. The van der Waals surface area contributed by atoms with Gasteiger partial charge in [0.25, 0.3) is 5.56 Å². The fraction of sp³-hybridized carbons (Fsp3) is 0.429. The minimum absolute atomic E-state index is 0.0864. The maximum absolute atomic E-state index is 12.4. The van der Waals surface area contributed by atoms with Gasteiger partial charge in [0.1, 0.15) is 11.5 Å². The Hall–Kier alpha value is -2.84. The molecule has 0 bridgehead atoms. The van der Waals surface area contributed by atoms with Gasteiger partial charge in [-0.2, -0.15) is 5.10 Å². The van der Waals surface area contributed by atoms with Gasteiger partial charge < -0.3 is 9.26 Å². The third-order valence-electron chi connectivity index (χ3n) is 5.73. The lowest BCUT2D eigenvalue weighted by Crippen LogP contribution is -2.37. The highest BCUT2D eigenvalue weighted by molar-refractivity contribution is 5.56. The summed E-state index contributed by atoms with van der Waals surface area (Å²) in [5, 5.41) is 8.88. The molecule has 1 saturated heterocycles. The molecule has 8 nitrogen and oxygen atoms in total. The van der Waals surface area contributed by atoms with E-state index in [1.807, 2.05) is 12.1 Å². The quantitative estimate of drug-likeness (QED) is 0.655. The SMILES string of the molecule is O=c1ccc(-c2cccnc2)nn1CC1CCCN1Cc1noc2c1COCC2. The molecule has 2 aliphatic heterocycles. The van der Waals surface area contributed by atoms with Crippen molar-refractivity contribution < 1.29 is 9.26 Å². The molecule has 8 heteroatoms. The zero-order chi connectivity index (χ0) is 19.6. The van der Waals surface area contributed by atoms with Crippen molar-refractivity contribution in [3.63, 3.8) is 0 Å². The van der Waals surface area contributed by atoms with Crippen molar-refractivity contribution in [2.75, 3.05) is 13.2 Å². The Labute approximate surface area is 168 Å². The molecule has 0 aliphatic carbocycles. The van der Waals surface area contributed by atoms with Crippen LogP contribution in [0.4, 0.5) is 0 Å². The first-order valence-corrected chi connectivity index (χ1v) is 10.0. The van der Waals surface area contributed by atoms with E-state index in [2.05, 4.69) is 20.1 Å². The monoisotopic (exact) mass is 393 g/mol. The lowest BCUT2D eigenvalue weighted by Gasteiger charge is -2.24. The van der Waals surface area contributed by atoms with E-state index in [1.54, 1.807) is 29.2 Å². The van der Waals surface area contributed by atoms with E-state index < -0.39 is 0 Å². The Balaban J connectivity index is 1.35. The first kappa shape index (κ1) is 18.2. The maximum Gasteiger partial charge on any atom is 0.266 e. The number of pyridine rings is 1. The molecule has 5 heterocycles. The summed E-state index contributed by atoms with van der Waals surface area (Å²) < 4.78 is 12.7. The van der Waals surface area contributed by atoms with E-state index >= 15 is 0 Å². The molecule has 0 radical (unpaired) electrons. The van der Waals surface area contributed by atoms with Crippen LogP contribution < -0.4 is 5.56 Å². The normalized spacial score (nSPS) is 19.4. The molecular formula is C21H23N5O3. The standard InChI is InChI=1S/C21H23N5O3/c27-21-6-5-18(15-3-1-8-22-11-15)23-26(21)12-16-4-2-9-25(16)13-19-17-14-28-10-7-20(17)29-24-19/h1,3,5-6,8,11,16H,2,4,7,9-10,12-14H2. The largest absolute Gasteiger partial charge is 0.376 e. The molecule has 1 fully saturated rings. The van der Waals surface area contributed by atoms with Crippen LogP contribution in [0.25, 0.3) is 11.3 Å². The molecule has 0 saturated carbocycles. The Morgan fingerprint density at radius 1 is 1.24 bits per heavy atom. The number of hydrogen-bond donors (Lipinski definition) is 0. The van der Waals surface area contributed by atoms with Gasteiger partial charge >= 0.3 is 0 Å². The van der Waals surface area contributed by atoms with Crippen molar-refractivity contribution in [2.45, 2.75) is 45.0 Å². The number of aromatic nitrogens is 4. The second-order valence-electron chi connectivity index (χ2n) is 7.58. The molecule has 1 atom stereocenters. The van der Waals surface area contributed by atoms with Crippen LogP contribution in [0.3, 0.4) is 0 Å². The average Bonchev–Trinajstić information content (AvgIpc) is 3.38. The molecule has 5 rings (SSSR count). The second kappa shape index (κ2) is 7.88. The van der Waals surface area contributed by atoms with E-state index in [0.29, 0.717) is 26.3 Å². The lowest BCUT2D eigenvalue weighted by atomic mass is 10.1. The van der Waals surface area contributed by atoms with E-state index in [0.717, 1.165) is 54.1 Å². The van der Waals surface area contributed by atoms with Gasteiger partial charge in [0.15, 0.2) is 0 Å². The predicted octanol–water partition coefficient (Wildman–Crippen LogP) is 2.03. The number of ether oxygens (including phenoxy) is 1. The summed E-state index contributed by atoms with van der Waals surface area (Å²) in [5.74, 6) is 0.948. The maximum atomic E-state index is 12.4. The third-order valence-corrected chi connectivity index (χ3v) is 5.73. The van der Waals surface area contributed by atoms with E-state index in [-0.39, 0.29) is 11.6 Å². The fourth-order valence-electron chi connectivity index (χ4n) is 4.16. The Morgan fingerprint density at radius 2 is 2.21 bits per heavy atom. The number of likely N-dealkylation sites (tertiary alicyclic amines) is 1. The summed E-state index contributed by atoms with van der Waals surface area (Å²) in [6.45, 7) is 3.51. The zero-order valence-corrected chi connectivity index (χ0v) is 16.2. The zero-order valence-electron chi connectivity index (χ0n) is 16.2. The molecule has 0 N–H and O–H groups in total. The molecule has 2 aliphatic rings. The highest BCUT2D eigenvalue weighted by atomic mass is 16.5. The summed E-state index contributed by atoms with van der Waals surface area (Å²) in [5.41, 5.74) is 3.62. The van der Waals surface area contributed by atoms with Gasteiger partial charge in [-0.1, -0.05) is 5.16 Å². The van der Waals surface area contributed by atoms with Gasteiger partial charge in [0.05, 0.1) is 25.5 Å². The Kier molecular flexibility index (Phi) is 4.95. The molecule has 3 aromatic rings. The molecular weight excluding hydrogens is 370 g/mol. The van der Waals surface area contributed by atoms with Crippen LogP contribution in [0.15, 0.2) is 46.0 Å². The lowest BCUT2D eigenvalue weighted by molar-refractivity contribution is 0.102. The fourth-order valence-corrected chi connectivity index (χ4v) is 4.16. The van der Waals surface area contributed by atoms with E-state index in [9.17, 15) is 4.79 Å². The predicted molar refractivity (Wildman–Crippen MR) is 105 cm³/mol. The first-order chi connectivity index (χ1) is 14.3. The van der Waals surface area contributed by atoms with Gasteiger partial charge in [-0.05, 0) is 37.6 Å². The van der Waals surface area contributed by atoms with Gasteiger partial charge in [-0.3, -0.25) is 14.7 Å². The van der Waals surface area contributed by atoms with Crippen LogP contribution in [0.1, 0.15) is 29.9 Å². The van der Waals surface area contributed by atoms with Gasteiger partial charge in [-0.25, -0.2) is 4.68 Å². The van der Waals surface area contributed by atoms with E-state index in [4.69, 9.17) is 9.26 Å². The summed E-state index contributed by atoms with van der Waals surface area (Å²) in [6, 6.07) is 7.39. The molecule has 0 amide bonds. The average molecular weight is 393 g/mol. The van der Waals surface area contributed by atoms with Crippen molar-refractivity contribution in [2.24, 2.45) is 0 Å². The second-order valence-corrected chi connectivity index (χ2v) is 7.58. The van der Waals surface area contributed by atoms with Crippen LogP contribution >= 0.6 is 0 Å². The minimum atomic E-state index is -0.0864. The van der Waals surface area contributed by atoms with Crippen LogP contribution in [0.5, 0.6) is 0 Å². The number of rotatable bonds is 5. The van der Waals surface area contributed by atoms with Crippen LogP contribution in [0, 0.1) is 0 Å². The van der Waals surface area contributed by atoms with Crippen molar-refractivity contribution in [3.8, 4) is 11.3 Å². The molecule has 150 valence electrons. The summed E-state index contributed by atoms with van der Waals surface area (Å²) >= 11 is 0. The van der Waals surface area contributed by atoms with Crippen molar-refractivity contribution in [3.05, 3.63) is 64.0 Å². The smallest absolute Gasteiger partial charge is 0.266 e. The molecule has 3 aromatic heterocycles. The van der Waals surface area contributed by atoms with Gasteiger partial charge in [0.2, 0.25) is 0 Å². The molecule has 1 unspecified atom stereocenters. The summed E-state index contributed by atoms with van der Waals surface area (Å²) in [7, 11) is 0. The van der Waals surface area contributed by atoms with Crippen molar-refractivity contribution in [1.82, 2.24) is 24.8 Å². The summed E-state index contributed by atoms with van der Waals surface area (Å²) in [4.78, 5) is 18.9. The molecule has 0 aromatic carbocycles. The first-order valence-electron chi connectivity index (χ1n) is 10.0. The number of nitrogens with zero attached hydrogens (tertiary/aromatic N) is 5. The van der Waals surface area contributed by atoms with Crippen molar-refractivity contribution >= 4 is 0 Å². The molecule has 0 spiro atoms.